The van der Waals surface area contributed by atoms with Crippen LogP contribution in [0, 0.1) is 17.5 Å². The molecule has 0 atom stereocenters. The van der Waals surface area contributed by atoms with E-state index >= 15 is 0 Å². The van der Waals surface area contributed by atoms with Crippen molar-refractivity contribution < 1.29 is 26.4 Å². The maximum Gasteiger partial charge on any atom is 0.247 e. The molecule has 1 aliphatic heterocycles. The van der Waals surface area contributed by atoms with Gasteiger partial charge in [0.2, 0.25) is 15.9 Å². The Bertz CT molecular complexity index is 1030. The Labute approximate surface area is 161 Å². The highest BCUT2D eigenvalue weighted by molar-refractivity contribution is 9.10. The summed E-state index contributed by atoms with van der Waals surface area (Å²) in [6, 6.07) is 5.41. The lowest BCUT2D eigenvalue weighted by molar-refractivity contribution is -0.116. The van der Waals surface area contributed by atoms with Crippen molar-refractivity contribution in [2.45, 2.75) is 11.4 Å². The lowest BCUT2D eigenvalue weighted by atomic mass is 10.2. The first-order valence-corrected chi connectivity index (χ1v) is 9.79. The van der Waals surface area contributed by atoms with Crippen LogP contribution in [0.5, 0.6) is 0 Å². The van der Waals surface area contributed by atoms with E-state index in [1.165, 1.54) is 17.0 Å². The Balaban J connectivity index is 2.06. The molecule has 144 valence electrons. The van der Waals surface area contributed by atoms with Crippen LogP contribution in [-0.4, -0.2) is 31.8 Å². The lowest BCUT2D eigenvalue weighted by Crippen LogP contribution is -2.48. The third kappa shape index (κ3) is 3.80. The molecule has 11 heteroatoms. The monoisotopic (exact) mass is 463 g/mol. The Morgan fingerprint density at radius 3 is 2.44 bits per heavy atom. The number of carbonyl (C=O) groups is 1. The SMILES string of the molecule is NC(=O)CN1CN(Cc2cc(F)c(F)cc2F)S(=O)(=O)c2cc(Br)ccc21. The van der Waals surface area contributed by atoms with Gasteiger partial charge in [-0.05, 0) is 24.3 Å². The zero-order valence-electron chi connectivity index (χ0n) is 13.6. The Hall–Kier alpha value is -2.11. The number of primary amides is 1. The van der Waals surface area contributed by atoms with Crippen LogP contribution in [0.1, 0.15) is 5.56 Å². The molecule has 1 heterocycles. The summed E-state index contributed by atoms with van der Waals surface area (Å²) in [6.07, 6.45) is 0. The van der Waals surface area contributed by atoms with E-state index in [-0.39, 0.29) is 29.4 Å². The molecule has 0 spiro atoms. The molecule has 0 unspecified atom stereocenters. The summed E-state index contributed by atoms with van der Waals surface area (Å²) in [5.74, 6) is -4.44. The van der Waals surface area contributed by atoms with Gasteiger partial charge in [0.05, 0.1) is 18.9 Å². The van der Waals surface area contributed by atoms with Crippen LogP contribution < -0.4 is 10.6 Å². The third-order valence-corrected chi connectivity index (χ3v) is 6.29. The van der Waals surface area contributed by atoms with Crippen LogP contribution in [0.15, 0.2) is 39.7 Å². The van der Waals surface area contributed by atoms with Gasteiger partial charge in [0.15, 0.2) is 11.6 Å². The highest BCUT2D eigenvalue weighted by Crippen LogP contribution is 2.36. The average Bonchev–Trinajstić information content (AvgIpc) is 2.56. The molecule has 27 heavy (non-hydrogen) atoms. The molecule has 0 saturated carbocycles. The predicted molar refractivity (Wildman–Crippen MR) is 94.6 cm³/mol. The number of rotatable bonds is 4. The zero-order valence-corrected chi connectivity index (χ0v) is 16.0. The number of nitrogens with two attached hydrogens (primary N) is 1. The second kappa shape index (κ2) is 7.13. The Kier molecular flexibility index (Phi) is 5.19. The van der Waals surface area contributed by atoms with Crippen molar-refractivity contribution in [2.75, 3.05) is 18.1 Å². The summed E-state index contributed by atoms with van der Waals surface area (Å²) in [6.45, 7) is -1.13. The van der Waals surface area contributed by atoms with E-state index in [1.54, 1.807) is 6.07 Å². The molecule has 6 nitrogen and oxygen atoms in total. The third-order valence-electron chi connectivity index (χ3n) is 3.99. The van der Waals surface area contributed by atoms with Crippen LogP contribution in [0.2, 0.25) is 0 Å². The summed E-state index contributed by atoms with van der Waals surface area (Å²) < 4.78 is 67.8. The molecule has 0 bridgehead atoms. The first-order chi connectivity index (χ1) is 12.6. The number of anilines is 1. The molecule has 1 amide bonds. The maximum absolute atomic E-state index is 14.0. The van der Waals surface area contributed by atoms with Crippen LogP contribution in [0.25, 0.3) is 0 Å². The van der Waals surface area contributed by atoms with Gasteiger partial charge in [-0.15, -0.1) is 0 Å². The molecular formula is C16H13BrF3N3O3S. The van der Waals surface area contributed by atoms with Crippen molar-refractivity contribution in [1.29, 1.82) is 0 Å². The Morgan fingerprint density at radius 2 is 1.78 bits per heavy atom. The number of hydrogen-bond donors (Lipinski definition) is 1. The summed E-state index contributed by atoms with van der Waals surface area (Å²) in [7, 11) is -4.09. The van der Waals surface area contributed by atoms with Gasteiger partial charge in [0.25, 0.3) is 0 Å². The highest BCUT2D eigenvalue weighted by atomic mass is 79.9. The first-order valence-electron chi connectivity index (χ1n) is 7.56. The minimum atomic E-state index is -4.09. The number of amides is 1. The molecule has 2 aromatic carbocycles. The van der Waals surface area contributed by atoms with Gasteiger partial charge in [-0.1, -0.05) is 15.9 Å². The molecule has 3 rings (SSSR count). The largest absolute Gasteiger partial charge is 0.368 e. The maximum atomic E-state index is 14.0. The fourth-order valence-corrected chi connectivity index (χ4v) is 4.90. The molecule has 2 aromatic rings. The molecular weight excluding hydrogens is 451 g/mol. The van der Waals surface area contributed by atoms with Crippen molar-refractivity contribution in [1.82, 2.24) is 4.31 Å². The summed E-state index contributed by atoms with van der Waals surface area (Å²) in [4.78, 5) is 12.6. The zero-order chi connectivity index (χ0) is 19.9. The van der Waals surface area contributed by atoms with E-state index in [9.17, 15) is 26.4 Å². The quantitative estimate of drug-likeness (QED) is 0.705. The van der Waals surface area contributed by atoms with Gasteiger partial charge in [-0.25, -0.2) is 21.6 Å². The second-order valence-electron chi connectivity index (χ2n) is 5.89. The van der Waals surface area contributed by atoms with Crippen LogP contribution >= 0.6 is 15.9 Å². The normalized spacial score (nSPS) is 16.2. The standard InChI is InChI=1S/C16H13BrF3N3O3S/c17-10-1-2-14-15(4-10)27(25,26)23(8-22(14)7-16(21)24)6-9-3-12(19)13(20)5-11(9)18/h1-5H,6-8H2,(H2,21,24). The number of nitrogens with zero attached hydrogens (tertiary/aromatic N) is 2. The van der Waals surface area contributed by atoms with Crippen molar-refractivity contribution >= 4 is 37.5 Å². The molecule has 1 aliphatic rings. The van der Waals surface area contributed by atoms with E-state index in [0.717, 1.165) is 4.31 Å². The number of benzene rings is 2. The number of sulfonamides is 1. The van der Waals surface area contributed by atoms with E-state index in [2.05, 4.69) is 15.9 Å². The van der Waals surface area contributed by atoms with E-state index < -0.39 is 39.9 Å². The second-order valence-corrected chi connectivity index (χ2v) is 8.71. The number of fused-ring (bicyclic) bond motifs is 1. The summed E-state index contributed by atoms with van der Waals surface area (Å²) >= 11 is 3.18. The van der Waals surface area contributed by atoms with Crippen LogP contribution in [-0.2, 0) is 21.4 Å². The Morgan fingerprint density at radius 1 is 1.11 bits per heavy atom. The lowest BCUT2D eigenvalue weighted by Gasteiger charge is -2.37. The predicted octanol–water partition coefficient (Wildman–Crippen LogP) is 2.32. The minimum absolute atomic E-state index is 0.118. The van der Waals surface area contributed by atoms with Crippen LogP contribution in [0.4, 0.5) is 18.9 Å². The fourth-order valence-electron chi connectivity index (χ4n) is 2.77. The van der Waals surface area contributed by atoms with Gasteiger partial charge in [0.1, 0.15) is 10.7 Å². The van der Waals surface area contributed by atoms with Gasteiger partial charge >= 0.3 is 0 Å². The minimum Gasteiger partial charge on any atom is -0.368 e. The molecule has 0 radical (unpaired) electrons. The number of halogens is 4. The molecule has 0 saturated heterocycles. The topological polar surface area (TPSA) is 83.7 Å². The fraction of sp³-hybridized carbons (Fsp3) is 0.188. The average molecular weight is 464 g/mol. The van der Waals surface area contributed by atoms with Gasteiger partial charge in [0, 0.05) is 22.6 Å². The van der Waals surface area contributed by atoms with Gasteiger partial charge in [-0.2, -0.15) is 4.31 Å². The summed E-state index contributed by atoms with van der Waals surface area (Å²) in [5.41, 5.74) is 5.15. The highest BCUT2D eigenvalue weighted by Gasteiger charge is 2.36. The van der Waals surface area contributed by atoms with Crippen molar-refractivity contribution in [3.8, 4) is 0 Å². The number of carbonyl (C=O) groups excluding carboxylic acids is 1. The first kappa shape index (κ1) is 19.6. The van der Waals surface area contributed by atoms with Crippen molar-refractivity contribution in [3.05, 3.63) is 57.8 Å². The van der Waals surface area contributed by atoms with E-state index in [1.807, 2.05) is 0 Å². The van der Waals surface area contributed by atoms with Gasteiger partial charge < -0.3 is 10.6 Å². The molecule has 0 aromatic heterocycles. The van der Waals surface area contributed by atoms with E-state index in [0.29, 0.717) is 16.6 Å². The molecule has 2 N–H and O–H groups in total. The van der Waals surface area contributed by atoms with E-state index in [4.69, 9.17) is 5.73 Å². The van der Waals surface area contributed by atoms with Crippen molar-refractivity contribution in [2.24, 2.45) is 5.73 Å². The molecule has 0 aliphatic carbocycles. The number of hydrogen-bond acceptors (Lipinski definition) is 4. The smallest absolute Gasteiger partial charge is 0.247 e. The van der Waals surface area contributed by atoms with Crippen LogP contribution in [0.3, 0.4) is 0 Å². The van der Waals surface area contributed by atoms with Crippen molar-refractivity contribution in [3.63, 3.8) is 0 Å². The molecule has 0 fully saturated rings. The summed E-state index contributed by atoms with van der Waals surface area (Å²) in [5, 5.41) is 0. The van der Waals surface area contributed by atoms with Gasteiger partial charge in [-0.3, -0.25) is 4.79 Å².